The van der Waals surface area contributed by atoms with Crippen molar-refractivity contribution in [3.8, 4) is 0 Å². The highest BCUT2D eigenvalue weighted by Gasteiger charge is 2.05. The molecule has 2 aromatic heterocycles. The van der Waals surface area contributed by atoms with Crippen molar-refractivity contribution in [2.75, 3.05) is 5.43 Å². The summed E-state index contributed by atoms with van der Waals surface area (Å²) in [5, 5.41) is 0. The molecule has 2 aromatic rings. The predicted octanol–water partition coefficient (Wildman–Crippen LogP) is -0.371. The fraction of sp³-hybridized carbons (Fsp3) is 0.273. The Morgan fingerprint density at radius 3 is 2.47 bits per heavy atom. The maximum Gasteiger partial charge on any atom is 0.330 e. The molecule has 0 spiro atoms. The summed E-state index contributed by atoms with van der Waals surface area (Å²) in [4.78, 5) is 23.3. The number of nitrogens with one attached hydrogen (secondary N) is 1. The third kappa shape index (κ3) is 2.15. The normalized spacial score (nSPS) is 10.5. The summed E-state index contributed by atoms with van der Waals surface area (Å²) in [7, 11) is 3.10. The van der Waals surface area contributed by atoms with Crippen LogP contribution in [0.1, 0.15) is 5.56 Å². The Morgan fingerprint density at radius 1 is 1.18 bits per heavy atom. The molecular weight excluding hydrogens is 220 g/mol. The first-order valence-corrected chi connectivity index (χ1v) is 5.22. The Kier molecular flexibility index (Phi) is 2.86. The first kappa shape index (κ1) is 11.3. The third-order valence-electron chi connectivity index (χ3n) is 2.57. The minimum Gasteiger partial charge on any atom is -0.322 e. The summed E-state index contributed by atoms with van der Waals surface area (Å²) in [5.41, 5.74) is 3.00. The van der Waals surface area contributed by atoms with Crippen molar-refractivity contribution in [2.45, 2.75) is 6.54 Å². The van der Waals surface area contributed by atoms with E-state index in [4.69, 9.17) is 0 Å². The van der Waals surface area contributed by atoms with Crippen LogP contribution >= 0.6 is 0 Å². The van der Waals surface area contributed by atoms with Crippen LogP contribution in [0.15, 0.2) is 40.3 Å². The fourth-order valence-corrected chi connectivity index (χ4v) is 1.62. The average Bonchev–Trinajstić information content (AvgIpc) is 2.82. The summed E-state index contributed by atoms with van der Waals surface area (Å²) < 4.78 is 4.26. The first-order valence-electron chi connectivity index (χ1n) is 5.22. The highest BCUT2D eigenvalue weighted by molar-refractivity contribution is 5.08. The van der Waals surface area contributed by atoms with Crippen LogP contribution in [0, 0.1) is 0 Å². The van der Waals surface area contributed by atoms with Crippen molar-refractivity contribution in [3.63, 3.8) is 0 Å². The number of nitrogens with zero attached hydrogens (tertiary/aromatic N) is 3. The van der Waals surface area contributed by atoms with E-state index in [2.05, 4.69) is 5.43 Å². The summed E-state index contributed by atoms with van der Waals surface area (Å²) in [5.74, 6) is 0. The molecule has 0 aliphatic carbocycles. The Morgan fingerprint density at radius 2 is 1.82 bits per heavy atom. The van der Waals surface area contributed by atoms with Crippen LogP contribution in [0.3, 0.4) is 0 Å². The molecule has 0 unspecified atom stereocenters. The summed E-state index contributed by atoms with van der Waals surface area (Å²) in [6.07, 6.45) is 5.24. The summed E-state index contributed by atoms with van der Waals surface area (Å²) in [6, 6.07) is 3.76. The van der Waals surface area contributed by atoms with Crippen molar-refractivity contribution < 1.29 is 0 Å². The van der Waals surface area contributed by atoms with E-state index in [1.165, 1.54) is 11.6 Å². The van der Waals surface area contributed by atoms with Crippen LogP contribution in [0.5, 0.6) is 0 Å². The van der Waals surface area contributed by atoms with Gasteiger partial charge in [-0.25, -0.2) is 4.79 Å². The number of aryl methyl sites for hydroxylation is 1. The lowest BCUT2D eigenvalue weighted by molar-refractivity contribution is 0.665. The molecule has 90 valence electrons. The molecule has 6 nitrogen and oxygen atoms in total. The van der Waals surface area contributed by atoms with Crippen LogP contribution < -0.4 is 16.7 Å². The smallest absolute Gasteiger partial charge is 0.322 e. The average molecular weight is 234 g/mol. The quantitative estimate of drug-likeness (QED) is 0.788. The van der Waals surface area contributed by atoms with Gasteiger partial charge in [-0.15, -0.1) is 0 Å². The fourth-order valence-electron chi connectivity index (χ4n) is 1.62. The second kappa shape index (κ2) is 4.32. The molecule has 1 N–H and O–H groups in total. The standard InChI is InChI=1S/C11H14N4O2/c1-13-8-9(10(16)14(2)11(13)17)7-12-15-5-3-4-6-15/h3-6,8,12H,7H2,1-2H3. The molecule has 0 atom stereocenters. The number of hydrogen-bond donors (Lipinski definition) is 1. The van der Waals surface area contributed by atoms with Crippen molar-refractivity contribution in [3.05, 3.63) is 57.1 Å². The maximum atomic E-state index is 11.8. The Hall–Kier alpha value is -2.24. The molecule has 0 aliphatic heterocycles. The van der Waals surface area contributed by atoms with Gasteiger partial charge in [0.1, 0.15) is 0 Å². The van der Waals surface area contributed by atoms with Gasteiger partial charge in [-0.3, -0.25) is 14.0 Å². The maximum absolute atomic E-state index is 11.8. The molecule has 2 heterocycles. The van der Waals surface area contributed by atoms with Gasteiger partial charge in [0.2, 0.25) is 0 Å². The number of rotatable bonds is 3. The Labute approximate surface area is 97.7 Å². The zero-order valence-corrected chi connectivity index (χ0v) is 9.75. The largest absolute Gasteiger partial charge is 0.330 e. The lowest BCUT2D eigenvalue weighted by atomic mass is 10.3. The molecular formula is C11H14N4O2. The second-order valence-electron chi connectivity index (χ2n) is 3.84. The van der Waals surface area contributed by atoms with Gasteiger partial charge in [0, 0.05) is 32.7 Å². The lowest BCUT2D eigenvalue weighted by Crippen LogP contribution is -2.39. The van der Waals surface area contributed by atoms with E-state index in [1.807, 2.05) is 24.5 Å². The lowest BCUT2D eigenvalue weighted by Gasteiger charge is -2.09. The van der Waals surface area contributed by atoms with Gasteiger partial charge in [0.05, 0.1) is 12.1 Å². The van der Waals surface area contributed by atoms with Crippen LogP contribution in [-0.4, -0.2) is 13.8 Å². The van der Waals surface area contributed by atoms with Crippen LogP contribution in [0.25, 0.3) is 0 Å². The van der Waals surface area contributed by atoms with Crippen LogP contribution in [-0.2, 0) is 20.6 Å². The Bertz CT molecular complexity index is 622. The SMILES string of the molecule is Cn1cc(CNn2cccc2)c(=O)n(C)c1=O. The second-order valence-corrected chi connectivity index (χ2v) is 3.84. The van der Waals surface area contributed by atoms with Gasteiger partial charge >= 0.3 is 5.69 Å². The zero-order chi connectivity index (χ0) is 12.4. The summed E-state index contributed by atoms with van der Waals surface area (Å²) in [6.45, 7) is 0.371. The van der Waals surface area contributed by atoms with E-state index >= 15 is 0 Å². The molecule has 0 bridgehead atoms. The summed E-state index contributed by atoms with van der Waals surface area (Å²) >= 11 is 0. The minimum absolute atomic E-state index is 0.271. The first-order chi connectivity index (χ1) is 8.09. The molecule has 2 rings (SSSR count). The topological polar surface area (TPSA) is 61.0 Å². The van der Waals surface area contributed by atoms with Crippen LogP contribution in [0.2, 0.25) is 0 Å². The van der Waals surface area contributed by atoms with E-state index in [1.54, 1.807) is 17.9 Å². The number of aromatic nitrogens is 3. The minimum atomic E-state index is -0.320. The van der Waals surface area contributed by atoms with Gasteiger partial charge in [0.15, 0.2) is 0 Å². The Balaban J connectivity index is 2.28. The van der Waals surface area contributed by atoms with Gasteiger partial charge in [-0.05, 0) is 12.1 Å². The van der Waals surface area contributed by atoms with E-state index < -0.39 is 0 Å². The van der Waals surface area contributed by atoms with Gasteiger partial charge in [-0.2, -0.15) is 0 Å². The van der Waals surface area contributed by atoms with E-state index in [0.29, 0.717) is 12.1 Å². The van der Waals surface area contributed by atoms with Gasteiger partial charge in [0.25, 0.3) is 5.56 Å². The molecule has 0 fully saturated rings. The van der Waals surface area contributed by atoms with Crippen molar-refractivity contribution >= 4 is 0 Å². The molecule has 6 heteroatoms. The van der Waals surface area contributed by atoms with Crippen molar-refractivity contribution in [1.82, 2.24) is 13.8 Å². The van der Waals surface area contributed by atoms with Crippen LogP contribution in [0.4, 0.5) is 0 Å². The third-order valence-corrected chi connectivity index (χ3v) is 2.57. The molecule has 17 heavy (non-hydrogen) atoms. The van der Waals surface area contributed by atoms with Crippen molar-refractivity contribution in [1.29, 1.82) is 0 Å². The highest BCUT2D eigenvalue weighted by Crippen LogP contribution is 1.91. The number of hydrogen-bond acceptors (Lipinski definition) is 3. The monoisotopic (exact) mass is 234 g/mol. The molecule has 0 radical (unpaired) electrons. The molecule has 0 saturated heterocycles. The van der Waals surface area contributed by atoms with E-state index in [0.717, 1.165) is 4.57 Å². The van der Waals surface area contributed by atoms with Gasteiger partial charge in [-0.1, -0.05) is 0 Å². The zero-order valence-electron chi connectivity index (χ0n) is 9.75. The van der Waals surface area contributed by atoms with Gasteiger partial charge < -0.3 is 9.99 Å². The predicted molar refractivity (Wildman–Crippen MR) is 64.4 cm³/mol. The highest BCUT2D eigenvalue weighted by atomic mass is 16.2. The van der Waals surface area contributed by atoms with E-state index in [9.17, 15) is 9.59 Å². The van der Waals surface area contributed by atoms with Crippen molar-refractivity contribution in [2.24, 2.45) is 14.1 Å². The van der Waals surface area contributed by atoms with E-state index in [-0.39, 0.29) is 11.2 Å². The molecule has 0 saturated carbocycles. The molecule has 0 amide bonds. The molecule has 0 aliphatic rings. The molecule has 0 aromatic carbocycles.